The smallest absolute Gasteiger partial charge is 0.165 e. The van der Waals surface area contributed by atoms with E-state index in [1.807, 2.05) is 0 Å². The molecule has 0 unspecified atom stereocenters. The van der Waals surface area contributed by atoms with Crippen LogP contribution in [0.1, 0.15) is 24.2 Å². The van der Waals surface area contributed by atoms with Crippen molar-refractivity contribution in [2.75, 3.05) is 0 Å². The molecule has 0 saturated heterocycles. The van der Waals surface area contributed by atoms with E-state index >= 15 is 0 Å². The molecule has 4 nitrogen and oxygen atoms in total. The van der Waals surface area contributed by atoms with Gasteiger partial charge in [0.2, 0.25) is 0 Å². The first-order chi connectivity index (χ1) is 8.47. The Hall–Kier alpha value is -1.88. The fraction of sp³-hybridized carbons (Fsp3) is 0.308. The number of aliphatic hydroxyl groups is 1. The van der Waals surface area contributed by atoms with Gasteiger partial charge in [0.1, 0.15) is 11.6 Å². The maximum Gasteiger partial charge on any atom is 0.165 e. The van der Waals surface area contributed by atoms with Gasteiger partial charge in [-0.25, -0.2) is 4.39 Å². The van der Waals surface area contributed by atoms with E-state index in [0.717, 1.165) is 0 Å². The van der Waals surface area contributed by atoms with Gasteiger partial charge in [-0.15, -0.1) is 0 Å². The highest BCUT2D eigenvalue weighted by molar-refractivity contribution is 5.41. The summed E-state index contributed by atoms with van der Waals surface area (Å²) in [5.74, 6) is 0.631. The van der Waals surface area contributed by atoms with Gasteiger partial charge in [0.05, 0.1) is 18.5 Å². The van der Waals surface area contributed by atoms with Crippen LogP contribution in [0.4, 0.5) is 4.39 Å². The van der Waals surface area contributed by atoms with Crippen molar-refractivity contribution in [2.45, 2.75) is 20.0 Å². The molecule has 0 fully saturated rings. The first-order valence-corrected chi connectivity index (χ1v) is 5.62. The highest BCUT2D eigenvalue weighted by Gasteiger charge is 2.14. The number of aryl methyl sites for hydroxylation is 2. The molecule has 0 spiro atoms. The van der Waals surface area contributed by atoms with Crippen LogP contribution in [0.5, 0.6) is 11.5 Å². The Morgan fingerprint density at radius 2 is 2.17 bits per heavy atom. The predicted molar refractivity (Wildman–Crippen MR) is 65.1 cm³/mol. The lowest BCUT2D eigenvalue weighted by Crippen LogP contribution is -1.98. The van der Waals surface area contributed by atoms with E-state index in [0.29, 0.717) is 22.6 Å². The van der Waals surface area contributed by atoms with Crippen LogP contribution < -0.4 is 4.74 Å². The van der Waals surface area contributed by atoms with Crippen molar-refractivity contribution in [1.82, 2.24) is 9.78 Å². The molecule has 1 aromatic carbocycles. The molecule has 1 atom stereocenters. The molecule has 0 aliphatic rings. The maximum absolute atomic E-state index is 13.5. The number of rotatable bonds is 3. The monoisotopic (exact) mass is 250 g/mol. The molecule has 0 saturated carbocycles. The average Bonchev–Trinajstić information content (AvgIpc) is 2.68. The predicted octanol–water partition coefficient (Wildman–Crippen LogP) is 2.71. The molecule has 0 bridgehead atoms. The summed E-state index contributed by atoms with van der Waals surface area (Å²) < 4.78 is 20.7. The summed E-state index contributed by atoms with van der Waals surface area (Å²) >= 11 is 0. The number of hydrogen-bond acceptors (Lipinski definition) is 3. The van der Waals surface area contributed by atoms with Crippen molar-refractivity contribution in [3.05, 3.63) is 41.5 Å². The molecule has 0 aliphatic carbocycles. The topological polar surface area (TPSA) is 47.3 Å². The lowest BCUT2D eigenvalue weighted by Gasteiger charge is -2.13. The Kier molecular flexibility index (Phi) is 3.34. The van der Waals surface area contributed by atoms with E-state index in [9.17, 15) is 9.50 Å². The zero-order valence-electron chi connectivity index (χ0n) is 10.5. The first kappa shape index (κ1) is 12.6. The van der Waals surface area contributed by atoms with E-state index in [1.165, 1.54) is 6.07 Å². The van der Waals surface area contributed by atoms with Crippen LogP contribution in [-0.4, -0.2) is 14.9 Å². The molecule has 18 heavy (non-hydrogen) atoms. The average molecular weight is 250 g/mol. The largest absolute Gasteiger partial charge is 0.454 e. The number of ether oxygens (including phenoxy) is 1. The van der Waals surface area contributed by atoms with Gasteiger partial charge in [-0.2, -0.15) is 5.10 Å². The standard InChI is InChI=1S/C13H15FN2O2/c1-8-4-13(11(9(2)17)5-12(8)14)18-10-6-15-16(3)7-10/h4-7,9,17H,1-3H3/t9-/m1/s1. The maximum atomic E-state index is 13.5. The lowest BCUT2D eigenvalue weighted by molar-refractivity contribution is 0.195. The molecule has 0 radical (unpaired) electrons. The van der Waals surface area contributed by atoms with Crippen molar-refractivity contribution >= 4 is 0 Å². The normalized spacial score (nSPS) is 12.5. The summed E-state index contributed by atoms with van der Waals surface area (Å²) in [6.07, 6.45) is 2.46. The van der Waals surface area contributed by atoms with E-state index in [1.54, 1.807) is 44.0 Å². The van der Waals surface area contributed by atoms with E-state index in [2.05, 4.69) is 5.10 Å². The number of halogens is 1. The first-order valence-electron chi connectivity index (χ1n) is 5.62. The minimum atomic E-state index is -0.799. The van der Waals surface area contributed by atoms with Gasteiger partial charge >= 0.3 is 0 Å². The van der Waals surface area contributed by atoms with Gasteiger partial charge in [0.25, 0.3) is 0 Å². The Morgan fingerprint density at radius 3 is 2.72 bits per heavy atom. The molecule has 96 valence electrons. The Morgan fingerprint density at radius 1 is 1.44 bits per heavy atom. The number of hydrogen-bond donors (Lipinski definition) is 1. The lowest BCUT2D eigenvalue weighted by atomic mass is 10.1. The zero-order chi connectivity index (χ0) is 13.3. The van der Waals surface area contributed by atoms with Crippen LogP contribution in [0.15, 0.2) is 24.5 Å². The molecule has 1 heterocycles. The van der Waals surface area contributed by atoms with Gasteiger partial charge in [0.15, 0.2) is 5.75 Å². The van der Waals surface area contributed by atoms with Crippen molar-refractivity contribution in [3.8, 4) is 11.5 Å². The quantitative estimate of drug-likeness (QED) is 0.911. The van der Waals surface area contributed by atoms with E-state index in [-0.39, 0.29) is 5.82 Å². The third kappa shape index (κ3) is 2.51. The second kappa shape index (κ2) is 4.78. The van der Waals surface area contributed by atoms with Gasteiger partial charge in [-0.1, -0.05) is 0 Å². The van der Waals surface area contributed by atoms with E-state index in [4.69, 9.17) is 4.74 Å². The van der Waals surface area contributed by atoms with Crippen LogP contribution in [0.25, 0.3) is 0 Å². The molecule has 2 aromatic rings. The third-order valence-corrected chi connectivity index (χ3v) is 2.65. The zero-order valence-corrected chi connectivity index (χ0v) is 10.5. The summed E-state index contributed by atoms with van der Waals surface area (Å²) in [5.41, 5.74) is 0.889. The molecule has 5 heteroatoms. The minimum Gasteiger partial charge on any atom is -0.454 e. The van der Waals surface area contributed by atoms with Crippen LogP contribution in [-0.2, 0) is 7.05 Å². The molecular weight excluding hydrogens is 235 g/mol. The fourth-order valence-corrected chi connectivity index (χ4v) is 1.66. The SMILES string of the molecule is Cc1cc(Oc2cnn(C)c2)c([C@@H](C)O)cc1F. The second-order valence-corrected chi connectivity index (χ2v) is 4.27. The van der Waals surface area contributed by atoms with Gasteiger partial charge in [-0.3, -0.25) is 4.68 Å². The summed E-state index contributed by atoms with van der Waals surface area (Å²) in [6, 6.07) is 2.87. The van der Waals surface area contributed by atoms with Crippen molar-refractivity contribution in [1.29, 1.82) is 0 Å². The highest BCUT2D eigenvalue weighted by atomic mass is 19.1. The Labute approximate surface area is 105 Å². The second-order valence-electron chi connectivity index (χ2n) is 4.27. The summed E-state index contributed by atoms with van der Waals surface area (Å²) in [5, 5.41) is 13.6. The van der Waals surface area contributed by atoms with Crippen molar-refractivity contribution < 1.29 is 14.2 Å². The Balaban J connectivity index is 2.39. The van der Waals surface area contributed by atoms with Gasteiger partial charge < -0.3 is 9.84 Å². The van der Waals surface area contributed by atoms with Crippen LogP contribution in [0.3, 0.4) is 0 Å². The Bertz CT molecular complexity index is 564. The third-order valence-electron chi connectivity index (χ3n) is 2.65. The van der Waals surface area contributed by atoms with Gasteiger partial charge in [-0.05, 0) is 31.5 Å². The molecular formula is C13H15FN2O2. The van der Waals surface area contributed by atoms with Crippen LogP contribution >= 0.6 is 0 Å². The number of aliphatic hydroxyl groups excluding tert-OH is 1. The highest BCUT2D eigenvalue weighted by Crippen LogP contribution is 2.31. The van der Waals surface area contributed by atoms with Crippen LogP contribution in [0, 0.1) is 12.7 Å². The van der Waals surface area contributed by atoms with Crippen molar-refractivity contribution in [3.63, 3.8) is 0 Å². The molecule has 2 rings (SSSR count). The minimum absolute atomic E-state index is 0.357. The number of nitrogens with zero attached hydrogens (tertiary/aromatic N) is 2. The fourth-order valence-electron chi connectivity index (χ4n) is 1.66. The summed E-state index contributed by atoms with van der Waals surface area (Å²) in [4.78, 5) is 0. The number of aromatic nitrogens is 2. The molecule has 0 amide bonds. The summed E-state index contributed by atoms with van der Waals surface area (Å²) in [6.45, 7) is 3.22. The molecule has 1 aromatic heterocycles. The summed E-state index contributed by atoms with van der Waals surface area (Å²) in [7, 11) is 1.78. The van der Waals surface area contributed by atoms with Gasteiger partial charge in [0, 0.05) is 12.6 Å². The molecule has 0 aliphatic heterocycles. The number of benzene rings is 1. The van der Waals surface area contributed by atoms with Crippen LogP contribution in [0.2, 0.25) is 0 Å². The van der Waals surface area contributed by atoms with Crippen molar-refractivity contribution in [2.24, 2.45) is 7.05 Å². The molecule has 1 N–H and O–H groups in total. The van der Waals surface area contributed by atoms with E-state index < -0.39 is 6.10 Å².